The lowest BCUT2D eigenvalue weighted by molar-refractivity contribution is 0.180. The van der Waals surface area contributed by atoms with E-state index in [-0.39, 0.29) is 0 Å². The Hall–Kier alpha value is -1.79. The van der Waals surface area contributed by atoms with Gasteiger partial charge in [-0.05, 0) is 44.5 Å². The normalized spacial score (nSPS) is 11.7. The molecule has 0 aromatic heterocycles. The highest BCUT2D eigenvalue weighted by Crippen LogP contribution is 2.12. The Morgan fingerprint density at radius 3 is 2.42 bits per heavy atom. The van der Waals surface area contributed by atoms with Gasteiger partial charge in [0.2, 0.25) is 0 Å². The van der Waals surface area contributed by atoms with E-state index in [9.17, 15) is 0 Å². The van der Waals surface area contributed by atoms with Gasteiger partial charge in [-0.3, -0.25) is 4.99 Å². The summed E-state index contributed by atoms with van der Waals surface area (Å²) in [7, 11) is 7.99. The number of hydrogen-bond acceptors (Lipinski definition) is 4. The first-order chi connectivity index (χ1) is 12.6. The lowest BCUT2D eigenvalue weighted by atomic mass is 10.1. The number of nitrogens with zero attached hydrogens (tertiary/aromatic N) is 3. The van der Waals surface area contributed by atoms with Crippen LogP contribution in [0.15, 0.2) is 29.3 Å². The van der Waals surface area contributed by atoms with Crippen LogP contribution in [0.4, 0.5) is 5.69 Å². The topological polar surface area (TPSA) is 52.1 Å². The molecule has 1 aromatic rings. The van der Waals surface area contributed by atoms with E-state index in [0.29, 0.717) is 0 Å². The van der Waals surface area contributed by atoms with Gasteiger partial charge in [0, 0.05) is 59.7 Å². The van der Waals surface area contributed by atoms with Crippen molar-refractivity contribution in [1.29, 1.82) is 0 Å². The fourth-order valence-corrected chi connectivity index (χ4v) is 2.55. The summed E-state index contributed by atoms with van der Waals surface area (Å²) < 4.78 is 5.09. The number of anilines is 1. The average molecular weight is 364 g/mol. The van der Waals surface area contributed by atoms with E-state index in [2.05, 4.69) is 77.8 Å². The number of nitrogens with one attached hydrogen (secondary N) is 2. The molecule has 0 unspecified atom stereocenters. The molecule has 0 saturated heterocycles. The number of likely N-dealkylation sites (N-methyl/N-ethyl adjacent to an activating group) is 1. The highest BCUT2D eigenvalue weighted by Gasteiger charge is 2.01. The highest BCUT2D eigenvalue weighted by molar-refractivity contribution is 5.79. The summed E-state index contributed by atoms with van der Waals surface area (Å²) in [5.41, 5.74) is 2.56. The Bertz CT molecular complexity index is 501. The van der Waals surface area contributed by atoms with Gasteiger partial charge in [-0.15, -0.1) is 0 Å². The van der Waals surface area contributed by atoms with Crippen molar-refractivity contribution in [3.63, 3.8) is 0 Å². The summed E-state index contributed by atoms with van der Waals surface area (Å²) in [4.78, 5) is 9.07. The lowest BCUT2D eigenvalue weighted by Crippen LogP contribution is -2.39. The Morgan fingerprint density at radius 2 is 1.81 bits per heavy atom. The van der Waals surface area contributed by atoms with E-state index < -0.39 is 0 Å². The smallest absolute Gasteiger partial charge is 0.191 e. The van der Waals surface area contributed by atoms with Crippen molar-refractivity contribution in [3.05, 3.63) is 29.8 Å². The predicted octanol–water partition coefficient (Wildman–Crippen LogP) is 1.82. The van der Waals surface area contributed by atoms with Crippen molar-refractivity contribution in [2.75, 3.05) is 72.5 Å². The van der Waals surface area contributed by atoms with Crippen molar-refractivity contribution in [2.24, 2.45) is 4.99 Å². The first-order valence-corrected chi connectivity index (χ1v) is 9.52. The summed E-state index contributed by atoms with van der Waals surface area (Å²) in [6, 6.07) is 8.70. The van der Waals surface area contributed by atoms with Gasteiger partial charge < -0.3 is 25.2 Å². The Morgan fingerprint density at radius 1 is 1.08 bits per heavy atom. The SMILES string of the molecule is CCNC(=NCCN(C)CCCOC)NCCc1ccc(N(C)C)cc1. The van der Waals surface area contributed by atoms with Gasteiger partial charge in [-0.25, -0.2) is 0 Å². The van der Waals surface area contributed by atoms with Crippen LogP contribution in [0.25, 0.3) is 0 Å². The third-order valence-corrected chi connectivity index (χ3v) is 4.14. The minimum Gasteiger partial charge on any atom is -0.385 e. The average Bonchev–Trinajstić information content (AvgIpc) is 2.62. The van der Waals surface area contributed by atoms with E-state index in [1.54, 1.807) is 7.11 Å². The Kier molecular flexibility index (Phi) is 11.5. The molecule has 6 nitrogen and oxygen atoms in total. The van der Waals surface area contributed by atoms with E-state index in [0.717, 1.165) is 58.1 Å². The van der Waals surface area contributed by atoms with E-state index >= 15 is 0 Å². The predicted molar refractivity (Wildman–Crippen MR) is 112 cm³/mol. The standard InChI is InChI=1S/C20H37N5O/c1-6-21-20(23-14-16-25(4)15-7-17-26-5)22-13-12-18-8-10-19(11-9-18)24(2)3/h8-11H,6-7,12-17H2,1-5H3,(H2,21,22,23). The summed E-state index contributed by atoms with van der Waals surface area (Å²) >= 11 is 0. The molecule has 0 aliphatic carbocycles. The third kappa shape index (κ3) is 9.63. The molecule has 0 spiro atoms. The number of hydrogen-bond donors (Lipinski definition) is 2. The molecule has 1 aromatic carbocycles. The monoisotopic (exact) mass is 363 g/mol. The second kappa shape index (κ2) is 13.4. The summed E-state index contributed by atoms with van der Waals surface area (Å²) in [6.45, 7) is 7.42. The van der Waals surface area contributed by atoms with Crippen molar-refractivity contribution >= 4 is 11.6 Å². The summed E-state index contributed by atoms with van der Waals surface area (Å²) in [5, 5.41) is 6.74. The van der Waals surface area contributed by atoms with Crippen LogP contribution in [0.2, 0.25) is 0 Å². The van der Waals surface area contributed by atoms with E-state index in [1.807, 2.05) is 0 Å². The Balaban J connectivity index is 2.34. The van der Waals surface area contributed by atoms with Crippen LogP contribution in [0.5, 0.6) is 0 Å². The van der Waals surface area contributed by atoms with Crippen LogP contribution < -0.4 is 15.5 Å². The second-order valence-corrected chi connectivity index (χ2v) is 6.65. The molecule has 0 aliphatic rings. The lowest BCUT2D eigenvalue weighted by Gasteiger charge is -2.16. The number of ether oxygens (including phenoxy) is 1. The molecule has 26 heavy (non-hydrogen) atoms. The van der Waals surface area contributed by atoms with Crippen LogP contribution in [0.3, 0.4) is 0 Å². The van der Waals surface area contributed by atoms with Crippen LogP contribution in [-0.4, -0.2) is 78.4 Å². The molecule has 6 heteroatoms. The van der Waals surface area contributed by atoms with Gasteiger partial charge in [-0.2, -0.15) is 0 Å². The van der Waals surface area contributed by atoms with Gasteiger partial charge in [0.25, 0.3) is 0 Å². The van der Waals surface area contributed by atoms with Gasteiger partial charge in [0.05, 0.1) is 6.54 Å². The highest BCUT2D eigenvalue weighted by atomic mass is 16.5. The molecule has 0 aliphatic heterocycles. The maximum atomic E-state index is 5.09. The van der Waals surface area contributed by atoms with Gasteiger partial charge in [0.15, 0.2) is 5.96 Å². The molecular formula is C20H37N5O. The molecule has 0 bridgehead atoms. The molecule has 0 saturated carbocycles. The molecular weight excluding hydrogens is 326 g/mol. The molecule has 0 radical (unpaired) electrons. The summed E-state index contributed by atoms with van der Waals surface area (Å²) in [6.07, 6.45) is 2.04. The first-order valence-electron chi connectivity index (χ1n) is 9.52. The molecule has 0 heterocycles. The van der Waals surface area contributed by atoms with Gasteiger partial charge >= 0.3 is 0 Å². The van der Waals surface area contributed by atoms with Crippen LogP contribution in [0, 0.1) is 0 Å². The number of methoxy groups -OCH3 is 1. The molecule has 0 atom stereocenters. The zero-order valence-corrected chi connectivity index (χ0v) is 17.2. The number of benzene rings is 1. The number of rotatable bonds is 12. The van der Waals surface area contributed by atoms with Crippen LogP contribution in [0.1, 0.15) is 18.9 Å². The van der Waals surface area contributed by atoms with E-state index in [1.165, 1.54) is 11.3 Å². The number of aliphatic imine (C=N–C) groups is 1. The molecule has 2 N–H and O–H groups in total. The second-order valence-electron chi connectivity index (χ2n) is 6.65. The zero-order chi connectivity index (χ0) is 19.2. The van der Waals surface area contributed by atoms with Gasteiger partial charge in [0.1, 0.15) is 0 Å². The minimum atomic E-state index is 0.788. The van der Waals surface area contributed by atoms with Crippen LogP contribution in [-0.2, 0) is 11.2 Å². The quantitative estimate of drug-likeness (QED) is 0.337. The van der Waals surface area contributed by atoms with E-state index in [4.69, 9.17) is 4.74 Å². The zero-order valence-electron chi connectivity index (χ0n) is 17.2. The molecule has 0 fully saturated rings. The maximum Gasteiger partial charge on any atom is 0.191 e. The fourth-order valence-electron chi connectivity index (χ4n) is 2.55. The minimum absolute atomic E-state index is 0.788. The largest absolute Gasteiger partial charge is 0.385 e. The van der Waals surface area contributed by atoms with Crippen LogP contribution >= 0.6 is 0 Å². The Labute approximate surface area is 159 Å². The van der Waals surface area contributed by atoms with Crippen molar-refractivity contribution in [1.82, 2.24) is 15.5 Å². The summed E-state index contributed by atoms with van der Waals surface area (Å²) in [5.74, 6) is 0.891. The van der Waals surface area contributed by atoms with Crippen molar-refractivity contribution in [3.8, 4) is 0 Å². The van der Waals surface area contributed by atoms with Crippen molar-refractivity contribution < 1.29 is 4.74 Å². The first kappa shape index (κ1) is 22.3. The molecule has 1 rings (SSSR count). The van der Waals surface area contributed by atoms with Gasteiger partial charge in [-0.1, -0.05) is 12.1 Å². The molecule has 0 amide bonds. The van der Waals surface area contributed by atoms with Crippen molar-refractivity contribution in [2.45, 2.75) is 19.8 Å². The maximum absolute atomic E-state index is 5.09. The third-order valence-electron chi connectivity index (χ3n) is 4.14. The molecule has 148 valence electrons. The number of guanidine groups is 1. The fraction of sp³-hybridized carbons (Fsp3) is 0.650.